The van der Waals surface area contributed by atoms with E-state index in [4.69, 9.17) is 0 Å². The maximum atomic E-state index is 13.0. The first-order chi connectivity index (χ1) is 11.8. The number of aromatic nitrogens is 2. The van der Waals surface area contributed by atoms with Crippen molar-refractivity contribution < 1.29 is 28.2 Å². The van der Waals surface area contributed by atoms with Gasteiger partial charge in [-0.2, -0.15) is 18.3 Å². The summed E-state index contributed by atoms with van der Waals surface area (Å²) < 4.78 is 39.8. The lowest BCUT2D eigenvalue weighted by Crippen LogP contribution is -2.38. The number of aliphatic hydroxyl groups is 2. The number of halogens is 3. The van der Waals surface area contributed by atoms with Crippen molar-refractivity contribution in [1.82, 2.24) is 14.7 Å². The maximum Gasteiger partial charge on any atom is 0.433 e. The van der Waals surface area contributed by atoms with Gasteiger partial charge in [-0.15, -0.1) is 0 Å². The number of rotatable bonds is 3. The van der Waals surface area contributed by atoms with E-state index >= 15 is 0 Å². The first-order valence-corrected chi connectivity index (χ1v) is 7.63. The Morgan fingerprint density at radius 1 is 1.32 bits per heavy atom. The lowest BCUT2D eigenvalue weighted by molar-refractivity contribution is -0.142. The van der Waals surface area contributed by atoms with Crippen LogP contribution in [-0.2, 0) is 6.18 Å². The highest BCUT2D eigenvalue weighted by Gasteiger charge is 2.36. The van der Waals surface area contributed by atoms with Crippen LogP contribution in [0.4, 0.5) is 13.2 Å². The van der Waals surface area contributed by atoms with Crippen LogP contribution in [0.5, 0.6) is 0 Å². The Kier molecular flexibility index (Phi) is 4.53. The van der Waals surface area contributed by atoms with Crippen LogP contribution in [-0.4, -0.2) is 56.1 Å². The van der Waals surface area contributed by atoms with E-state index in [-0.39, 0.29) is 30.8 Å². The highest BCUT2D eigenvalue weighted by molar-refractivity contribution is 5.95. The molecule has 2 atom stereocenters. The van der Waals surface area contributed by atoms with Crippen molar-refractivity contribution >= 4 is 5.91 Å². The van der Waals surface area contributed by atoms with Crippen LogP contribution in [0.2, 0.25) is 0 Å². The van der Waals surface area contributed by atoms with Gasteiger partial charge in [0.15, 0.2) is 0 Å². The second kappa shape index (κ2) is 6.49. The Bertz CT molecular complexity index is 775. The number of amides is 1. The standard InChI is InChI=1S/C16H16F3N3O3/c17-16(18,19)14-4-5-20-22(14)11-3-1-2-10(6-11)15(25)21-8-13(24)7-12(21)9-23/h1-6,12-13,23-24H,7-9H2/t12-,13+/m0/s1. The van der Waals surface area contributed by atoms with Crippen molar-refractivity contribution in [2.45, 2.75) is 24.7 Å². The van der Waals surface area contributed by atoms with E-state index in [2.05, 4.69) is 5.10 Å². The van der Waals surface area contributed by atoms with Gasteiger partial charge in [-0.05, 0) is 30.7 Å². The zero-order chi connectivity index (χ0) is 18.2. The molecule has 9 heteroatoms. The lowest BCUT2D eigenvalue weighted by Gasteiger charge is -2.23. The minimum Gasteiger partial charge on any atom is -0.394 e. The van der Waals surface area contributed by atoms with E-state index in [1.807, 2.05) is 0 Å². The molecule has 6 nitrogen and oxygen atoms in total. The topological polar surface area (TPSA) is 78.6 Å². The van der Waals surface area contributed by atoms with Gasteiger partial charge < -0.3 is 15.1 Å². The Hall–Kier alpha value is -2.39. The fourth-order valence-electron chi connectivity index (χ4n) is 2.97. The van der Waals surface area contributed by atoms with Gasteiger partial charge in [0, 0.05) is 12.1 Å². The van der Waals surface area contributed by atoms with Crippen LogP contribution in [0.3, 0.4) is 0 Å². The zero-order valence-corrected chi connectivity index (χ0v) is 13.0. The predicted molar refractivity (Wildman–Crippen MR) is 81.1 cm³/mol. The number of carbonyl (C=O) groups excluding carboxylic acids is 1. The molecule has 1 aromatic heterocycles. The molecule has 2 heterocycles. The third kappa shape index (κ3) is 3.38. The smallest absolute Gasteiger partial charge is 0.394 e. The Morgan fingerprint density at radius 2 is 2.08 bits per heavy atom. The minimum atomic E-state index is -4.57. The summed E-state index contributed by atoms with van der Waals surface area (Å²) in [6.45, 7) is -0.219. The van der Waals surface area contributed by atoms with Crippen molar-refractivity contribution in [3.8, 4) is 5.69 Å². The highest BCUT2D eigenvalue weighted by atomic mass is 19.4. The number of alkyl halides is 3. The normalized spacial score (nSPS) is 20.9. The lowest BCUT2D eigenvalue weighted by atomic mass is 10.1. The highest BCUT2D eigenvalue weighted by Crippen LogP contribution is 2.31. The van der Waals surface area contributed by atoms with Crippen LogP contribution < -0.4 is 0 Å². The number of carbonyl (C=O) groups is 1. The van der Waals surface area contributed by atoms with E-state index in [0.29, 0.717) is 0 Å². The molecule has 1 aromatic carbocycles. The molecule has 0 aliphatic carbocycles. The van der Waals surface area contributed by atoms with E-state index in [1.54, 1.807) is 0 Å². The fraction of sp³-hybridized carbons (Fsp3) is 0.375. The molecule has 0 radical (unpaired) electrons. The van der Waals surface area contributed by atoms with E-state index in [1.165, 1.54) is 29.2 Å². The first-order valence-electron chi connectivity index (χ1n) is 7.63. The van der Waals surface area contributed by atoms with Crippen LogP contribution in [0.25, 0.3) is 5.69 Å². The third-order valence-electron chi connectivity index (χ3n) is 4.13. The summed E-state index contributed by atoms with van der Waals surface area (Å²) in [5.41, 5.74) is -0.681. The zero-order valence-electron chi connectivity index (χ0n) is 13.0. The van der Waals surface area contributed by atoms with Crippen LogP contribution in [0.1, 0.15) is 22.5 Å². The van der Waals surface area contributed by atoms with Crippen LogP contribution in [0.15, 0.2) is 36.5 Å². The molecule has 1 fully saturated rings. The summed E-state index contributed by atoms with van der Waals surface area (Å²) in [7, 11) is 0. The second-order valence-electron chi connectivity index (χ2n) is 5.86. The number of hydrogen-bond acceptors (Lipinski definition) is 4. The Balaban J connectivity index is 1.93. The van der Waals surface area contributed by atoms with Crippen molar-refractivity contribution in [1.29, 1.82) is 0 Å². The SMILES string of the molecule is O=C(c1cccc(-n2nccc2C(F)(F)F)c1)N1C[C@H](O)C[C@H]1CO. The molecule has 0 unspecified atom stereocenters. The monoisotopic (exact) mass is 355 g/mol. The summed E-state index contributed by atoms with van der Waals surface area (Å²) in [5.74, 6) is -0.460. The molecule has 25 heavy (non-hydrogen) atoms. The van der Waals surface area contributed by atoms with Gasteiger partial charge in [-0.25, -0.2) is 4.68 Å². The van der Waals surface area contributed by atoms with Gasteiger partial charge >= 0.3 is 6.18 Å². The third-order valence-corrected chi connectivity index (χ3v) is 4.13. The summed E-state index contributed by atoms with van der Waals surface area (Å²) >= 11 is 0. The number of benzene rings is 1. The van der Waals surface area contributed by atoms with Gasteiger partial charge in [0.25, 0.3) is 5.91 Å². The molecule has 1 saturated heterocycles. The molecule has 0 saturated carbocycles. The molecule has 0 bridgehead atoms. The van der Waals surface area contributed by atoms with Gasteiger partial charge in [0.1, 0.15) is 5.69 Å². The average Bonchev–Trinajstić information content (AvgIpc) is 3.20. The number of hydrogen-bond donors (Lipinski definition) is 2. The van der Waals surface area contributed by atoms with Crippen LogP contribution >= 0.6 is 0 Å². The molecule has 134 valence electrons. The van der Waals surface area contributed by atoms with E-state index < -0.39 is 29.9 Å². The average molecular weight is 355 g/mol. The summed E-state index contributed by atoms with van der Waals surface area (Å²) in [4.78, 5) is 13.9. The van der Waals surface area contributed by atoms with Crippen molar-refractivity contribution in [2.75, 3.05) is 13.2 Å². The molecule has 1 amide bonds. The molecule has 0 spiro atoms. The molecular weight excluding hydrogens is 339 g/mol. The summed E-state index contributed by atoms with van der Waals surface area (Å²) in [5, 5.41) is 22.7. The van der Waals surface area contributed by atoms with Gasteiger partial charge in [0.05, 0.1) is 30.6 Å². The van der Waals surface area contributed by atoms with Gasteiger partial charge in [-0.3, -0.25) is 4.79 Å². The Labute approximate surface area is 141 Å². The van der Waals surface area contributed by atoms with E-state index in [0.717, 1.165) is 16.9 Å². The van der Waals surface area contributed by atoms with Crippen molar-refractivity contribution in [3.05, 3.63) is 47.8 Å². The fourth-order valence-corrected chi connectivity index (χ4v) is 2.97. The summed E-state index contributed by atoms with van der Waals surface area (Å²) in [6.07, 6.45) is -4.00. The molecular formula is C16H16F3N3O3. The van der Waals surface area contributed by atoms with E-state index in [9.17, 15) is 28.2 Å². The first kappa shape index (κ1) is 17.4. The molecule has 1 aliphatic rings. The summed E-state index contributed by atoms with van der Waals surface area (Å²) in [6, 6.07) is 6.01. The second-order valence-corrected chi connectivity index (χ2v) is 5.86. The number of β-amino-alcohol motifs (C(OH)–C–C–N with tert-alkyl or cyclic N) is 1. The maximum absolute atomic E-state index is 13.0. The molecule has 3 rings (SSSR count). The number of nitrogens with zero attached hydrogens (tertiary/aromatic N) is 3. The predicted octanol–water partition coefficient (Wildman–Crippen LogP) is 1.46. The quantitative estimate of drug-likeness (QED) is 0.874. The molecule has 2 N–H and O–H groups in total. The molecule has 1 aliphatic heterocycles. The van der Waals surface area contributed by atoms with Gasteiger partial charge in [0.2, 0.25) is 0 Å². The Morgan fingerprint density at radius 3 is 2.76 bits per heavy atom. The van der Waals surface area contributed by atoms with Crippen molar-refractivity contribution in [3.63, 3.8) is 0 Å². The minimum absolute atomic E-state index is 0.0733. The molecule has 2 aromatic rings. The number of aliphatic hydroxyl groups excluding tert-OH is 2. The van der Waals surface area contributed by atoms with Crippen LogP contribution in [0, 0.1) is 0 Å². The van der Waals surface area contributed by atoms with Gasteiger partial charge in [-0.1, -0.05) is 6.07 Å². The number of likely N-dealkylation sites (tertiary alicyclic amines) is 1. The van der Waals surface area contributed by atoms with Crippen molar-refractivity contribution in [2.24, 2.45) is 0 Å². The largest absolute Gasteiger partial charge is 0.433 e.